The average molecular weight is 321 g/mol. The number of piperidine rings is 1. The molecule has 0 aromatic heterocycles. The van der Waals surface area contributed by atoms with Crippen LogP contribution in [0.15, 0.2) is 0 Å². The minimum atomic E-state index is 0.122. The van der Waals surface area contributed by atoms with Crippen molar-refractivity contribution in [2.45, 2.75) is 57.9 Å². The van der Waals surface area contributed by atoms with Crippen LogP contribution in [0.25, 0.3) is 0 Å². The molecule has 0 spiro atoms. The van der Waals surface area contributed by atoms with E-state index in [0.29, 0.717) is 24.4 Å². The van der Waals surface area contributed by atoms with Gasteiger partial charge in [0.25, 0.3) is 0 Å². The van der Waals surface area contributed by atoms with Crippen LogP contribution in [0.5, 0.6) is 0 Å². The molecule has 2 saturated carbocycles. The van der Waals surface area contributed by atoms with Crippen LogP contribution in [-0.2, 0) is 9.59 Å². The first-order chi connectivity index (χ1) is 11.2. The van der Waals surface area contributed by atoms with Gasteiger partial charge in [-0.05, 0) is 50.4 Å². The molecule has 2 aliphatic carbocycles. The van der Waals surface area contributed by atoms with Gasteiger partial charge >= 0.3 is 0 Å². The molecule has 23 heavy (non-hydrogen) atoms. The third-order valence-corrected chi connectivity index (χ3v) is 5.95. The summed E-state index contributed by atoms with van der Waals surface area (Å²) in [7, 11) is 0. The standard InChI is InChI=1S/C18H31N3O2/c1-2-7-19-17(22)12-21-8-5-15(6-9-21)20-18(23)16-11-13-3-4-14(16)10-13/h13-16H,2-12H2,1H3,(H,19,22)(H,20,23). The summed E-state index contributed by atoms with van der Waals surface area (Å²) in [5.74, 6) is 2.18. The fraction of sp³-hybridized carbons (Fsp3) is 0.889. The van der Waals surface area contributed by atoms with Crippen molar-refractivity contribution in [1.29, 1.82) is 0 Å². The first-order valence-electron chi connectivity index (χ1n) is 9.45. The lowest BCUT2D eigenvalue weighted by Crippen LogP contribution is -2.49. The number of carbonyl (C=O) groups is 2. The zero-order valence-electron chi connectivity index (χ0n) is 14.4. The Balaban J connectivity index is 1.36. The van der Waals surface area contributed by atoms with Gasteiger partial charge in [-0.2, -0.15) is 0 Å². The molecule has 0 radical (unpaired) electrons. The molecular formula is C18H31N3O2. The van der Waals surface area contributed by atoms with Crippen molar-refractivity contribution in [3.8, 4) is 0 Å². The van der Waals surface area contributed by atoms with Crippen LogP contribution in [0.2, 0.25) is 0 Å². The number of amides is 2. The molecule has 3 fully saturated rings. The second-order valence-corrected chi connectivity index (χ2v) is 7.69. The van der Waals surface area contributed by atoms with Crippen LogP contribution in [-0.4, -0.2) is 48.9 Å². The summed E-state index contributed by atoms with van der Waals surface area (Å²) in [4.78, 5) is 26.4. The van der Waals surface area contributed by atoms with E-state index in [2.05, 4.69) is 22.5 Å². The first kappa shape index (κ1) is 16.7. The van der Waals surface area contributed by atoms with Gasteiger partial charge in [0.1, 0.15) is 0 Å². The van der Waals surface area contributed by atoms with E-state index in [1.165, 1.54) is 19.3 Å². The normalized spacial score (nSPS) is 31.3. The molecule has 3 rings (SSSR count). The highest BCUT2D eigenvalue weighted by Gasteiger charge is 2.43. The third kappa shape index (κ3) is 4.25. The molecule has 2 bridgehead atoms. The molecule has 2 amide bonds. The van der Waals surface area contributed by atoms with E-state index in [0.717, 1.165) is 51.2 Å². The number of hydrogen-bond acceptors (Lipinski definition) is 3. The summed E-state index contributed by atoms with van der Waals surface area (Å²) in [5, 5.41) is 6.21. The summed E-state index contributed by atoms with van der Waals surface area (Å²) < 4.78 is 0. The predicted molar refractivity (Wildman–Crippen MR) is 89.8 cm³/mol. The Kier molecular flexibility index (Phi) is 5.57. The van der Waals surface area contributed by atoms with Gasteiger partial charge in [-0.15, -0.1) is 0 Å². The van der Waals surface area contributed by atoms with Crippen LogP contribution in [0.1, 0.15) is 51.9 Å². The topological polar surface area (TPSA) is 61.4 Å². The van der Waals surface area contributed by atoms with E-state index in [-0.39, 0.29) is 11.8 Å². The van der Waals surface area contributed by atoms with Crippen molar-refractivity contribution in [3.05, 3.63) is 0 Å². The van der Waals surface area contributed by atoms with E-state index in [1.54, 1.807) is 0 Å². The number of carbonyl (C=O) groups excluding carboxylic acids is 2. The molecule has 3 atom stereocenters. The van der Waals surface area contributed by atoms with Crippen LogP contribution >= 0.6 is 0 Å². The smallest absolute Gasteiger partial charge is 0.234 e. The summed E-state index contributed by atoms with van der Waals surface area (Å²) in [5.41, 5.74) is 0. The molecule has 1 aliphatic heterocycles. The van der Waals surface area contributed by atoms with Crippen molar-refractivity contribution in [1.82, 2.24) is 15.5 Å². The Morgan fingerprint density at radius 1 is 1.09 bits per heavy atom. The molecule has 1 saturated heterocycles. The van der Waals surface area contributed by atoms with Gasteiger partial charge in [0.2, 0.25) is 11.8 Å². The number of nitrogens with one attached hydrogen (secondary N) is 2. The molecule has 130 valence electrons. The Labute approximate surface area is 139 Å². The average Bonchev–Trinajstić information content (AvgIpc) is 3.18. The SMILES string of the molecule is CCCNC(=O)CN1CCC(NC(=O)C2CC3CCC2C3)CC1. The summed E-state index contributed by atoms with van der Waals surface area (Å²) >= 11 is 0. The minimum Gasteiger partial charge on any atom is -0.355 e. The number of likely N-dealkylation sites (tertiary alicyclic amines) is 1. The number of rotatable bonds is 6. The van der Waals surface area contributed by atoms with Crippen molar-refractivity contribution in [2.24, 2.45) is 17.8 Å². The third-order valence-electron chi connectivity index (χ3n) is 5.95. The van der Waals surface area contributed by atoms with Gasteiger partial charge in [0, 0.05) is 31.6 Å². The van der Waals surface area contributed by atoms with Gasteiger partial charge in [-0.25, -0.2) is 0 Å². The molecule has 5 nitrogen and oxygen atoms in total. The van der Waals surface area contributed by atoms with Gasteiger partial charge in [0.05, 0.1) is 6.54 Å². The largest absolute Gasteiger partial charge is 0.355 e. The Hall–Kier alpha value is -1.10. The lowest BCUT2D eigenvalue weighted by atomic mass is 9.87. The lowest BCUT2D eigenvalue weighted by Gasteiger charge is -2.33. The molecular weight excluding hydrogens is 290 g/mol. The van der Waals surface area contributed by atoms with Crippen LogP contribution in [0.3, 0.4) is 0 Å². The second-order valence-electron chi connectivity index (χ2n) is 7.69. The summed E-state index contributed by atoms with van der Waals surface area (Å²) in [6, 6.07) is 0.302. The maximum absolute atomic E-state index is 12.5. The van der Waals surface area contributed by atoms with Gasteiger partial charge in [0.15, 0.2) is 0 Å². The summed E-state index contributed by atoms with van der Waals surface area (Å²) in [6.07, 6.45) is 7.90. The van der Waals surface area contributed by atoms with Crippen molar-refractivity contribution >= 4 is 11.8 Å². The molecule has 5 heteroatoms. The Morgan fingerprint density at radius 3 is 2.48 bits per heavy atom. The Bertz CT molecular complexity index is 432. The fourth-order valence-corrected chi connectivity index (χ4v) is 4.63. The first-order valence-corrected chi connectivity index (χ1v) is 9.45. The van der Waals surface area contributed by atoms with E-state index >= 15 is 0 Å². The lowest BCUT2D eigenvalue weighted by molar-refractivity contribution is -0.128. The van der Waals surface area contributed by atoms with E-state index < -0.39 is 0 Å². The van der Waals surface area contributed by atoms with Crippen molar-refractivity contribution in [2.75, 3.05) is 26.2 Å². The maximum Gasteiger partial charge on any atom is 0.234 e. The highest BCUT2D eigenvalue weighted by atomic mass is 16.2. The van der Waals surface area contributed by atoms with E-state index in [9.17, 15) is 9.59 Å². The summed E-state index contributed by atoms with van der Waals surface area (Å²) in [6.45, 7) is 5.12. The molecule has 0 aromatic carbocycles. The number of hydrogen-bond donors (Lipinski definition) is 2. The predicted octanol–water partition coefficient (Wildman–Crippen LogP) is 1.53. The van der Waals surface area contributed by atoms with Crippen molar-refractivity contribution in [3.63, 3.8) is 0 Å². The zero-order valence-corrected chi connectivity index (χ0v) is 14.4. The monoisotopic (exact) mass is 321 g/mol. The second kappa shape index (κ2) is 7.65. The highest BCUT2D eigenvalue weighted by Crippen LogP contribution is 2.48. The van der Waals surface area contributed by atoms with E-state index in [1.807, 2.05) is 0 Å². The molecule has 2 N–H and O–H groups in total. The van der Waals surface area contributed by atoms with Crippen LogP contribution < -0.4 is 10.6 Å². The molecule has 3 aliphatic rings. The number of nitrogens with zero attached hydrogens (tertiary/aromatic N) is 1. The molecule has 0 aromatic rings. The van der Waals surface area contributed by atoms with Gasteiger partial charge in [-0.3, -0.25) is 14.5 Å². The number of fused-ring (bicyclic) bond motifs is 2. The zero-order chi connectivity index (χ0) is 16.2. The van der Waals surface area contributed by atoms with Crippen LogP contribution in [0.4, 0.5) is 0 Å². The minimum absolute atomic E-state index is 0.122. The van der Waals surface area contributed by atoms with E-state index in [4.69, 9.17) is 0 Å². The molecule has 3 unspecified atom stereocenters. The molecule has 1 heterocycles. The van der Waals surface area contributed by atoms with Gasteiger partial charge in [-0.1, -0.05) is 13.3 Å². The van der Waals surface area contributed by atoms with Gasteiger partial charge < -0.3 is 10.6 Å². The maximum atomic E-state index is 12.5. The quantitative estimate of drug-likeness (QED) is 0.780. The highest BCUT2D eigenvalue weighted by molar-refractivity contribution is 5.80. The van der Waals surface area contributed by atoms with Crippen molar-refractivity contribution < 1.29 is 9.59 Å². The van der Waals surface area contributed by atoms with Crippen LogP contribution in [0, 0.1) is 17.8 Å². The fourth-order valence-electron chi connectivity index (χ4n) is 4.63. The Morgan fingerprint density at radius 2 is 1.87 bits per heavy atom.